The first-order valence-electron chi connectivity index (χ1n) is 6.29. The zero-order valence-corrected chi connectivity index (χ0v) is 11.0. The van der Waals surface area contributed by atoms with Crippen molar-refractivity contribution in [2.75, 3.05) is 27.2 Å². The van der Waals surface area contributed by atoms with E-state index in [4.69, 9.17) is 4.74 Å². The Bertz CT molecular complexity index is 394. The van der Waals surface area contributed by atoms with Crippen molar-refractivity contribution in [3.8, 4) is 0 Å². The van der Waals surface area contributed by atoms with Crippen LogP contribution in [0.4, 0.5) is 4.79 Å². The second-order valence-corrected chi connectivity index (χ2v) is 4.86. The van der Waals surface area contributed by atoms with Crippen LogP contribution in [0.3, 0.4) is 0 Å². The number of hydrogen-bond donors (Lipinski definition) is 0. The fourth-order valence-electron chi connectivity index (χ4n) is 2.20. The number of rotatable bonds is 3. The van der Waals surface area contributed by atoms with Crippen LogP contribution in [0, 0.1) is 0 Å². The third-order valence-corrected chi connectivity index (χ3v) is 3.41. The molecule has 18 heavy (non-hydrogen) atoms. The van der Waals surface area contributed by atoms with E-state index in [1.807, 2.05) is 37.4 Å². The van der Waals surface area contributed by atoms with Gasteiger partial charge in [-0.3, -0.25) is 0 Å². The maximum Gasteiger partial charge on any atom is 0.410 e. The van der Waals surface area contributed by atoms with Crippen LogP contribution in [-0.2, 0) is 11.3 Å². The molecule has 1 saturated heterocycles. The third kappa shape index (κ3) is 3.23. The van der Waals surface area contributed by atoms with Gasteiger partial charge in [-0.1, -0.05) is 30.3 Å². The van der Waals surface area contributed by atoms with Crippen LogP contribution in [0.5, 0.6) is 0 Å². The molecule has 1 fully saturated rings. The summed E-state index contributed by atoms with van der Waals surface area (Å²) < 4.78 is 5.31. The summed E-state index contributed by atoms with van der Waals surface area (Å²) in [6.45, 7) is 2.31. The van der Waals surface area contributed by atoms with Crippen molar-refractivity contribution in [1.29, 1.82) is 0 Å². The van der Waals surface area contributed by atoms with E-state index in [1.165, 1.54) is 0 Å². The Morgan fingerprint density at radius 3 is 2.78 bits per heavy atom. The SMILES string of the molecule is CN1CC[C@@H](N(C)C(=O)OCc2ccccc2)C1. The number of amides is 1. The van der Waals surface area contributed by atoms with Crippen LogP contribution in [0.1, 0.15) is 12.0 Å². The molecule has 98 valence electrons. The summed E-state index contributed by atoms with van der Waals surface area (Å²) >= 11 is 0. The van der Waals surface area contributed by atoms with Crippen molar-refractivity contribution in [2.45, 2.75) is 19.1 Å². The standard InChI is InChI=1S/C14H20N2O2/c1-15-9-8-13(10-15)16(2)14(17)18-11-12-6-4-3-5-7-12/h3-7,13H,8-11H2,1-2H3/t13-/m1/s1. The molecule has 1 amide bonds. The molecule has 1 aliphatic rings. The lowest BCUT2D eigenvalue weighted by molar-refractivity contribution is 0.0922. The van der Waals surface area contributed by atoms with E-state index in [2.05, 4.69) is 11.9 Å². The van der Waals surface area contributed by atoms with Gasteiger partial charge in [0.25, 0.3) is 0 Å². The predicted octanol–water partition coefficient (Wildman–Crippen LogP) is 1.96. The van der Waals surface area contributed by atoms with E-state index >= 15 is 0 Å². The lowest BCUT2D eigenvalue weighted by Crippen LogP contribution is -2.38. The number of benzene rings is 1. The van der Waals surface area contributed by atoms with Gasteiger partial charge >= 0.3 is 6.09 Å². The van der Waals surface area contributed by atoms with Gasteiger partial charge in [-0.2, -0.15) is 0 Å². The summed E-state index contributed by atoms with van der Waals surface area (Å²) in [5, 5.41) is 0. The molecule has 4 heteroatoms. The Morgan fingerprint density at radius 2 is 2.17 bits per heavy atom. The molecule has 0 bridgehead atoms. The lowest BCUT2D eigenvalue weighted by atomic mass is 10.2. The summed E-state index contributed by atoms with van der Waals surface area (Å²) in [7, 11) is 3.89. The molecule has 1 atom stereocenters. The quantitative estimate of drug-likeness (QED) is 0.819. The maximum atomic E-state index is 11.9. The first-order chi connectivity index (χ1) is 8.66. The smallest absolute Gasteiger partial charge is 0.410 e. The van der Waals surface area contributed by atoms with Crippen LogP contribution in [0.2, 0.25) is 0 Å². The summed E-state index contributed by atoms with van der Waals surface area (Å²) in [5.41, 5.74) is 1.02. The highest BCUT2D eigenvalue weighted by molar-refractivity contribution is 5.67. The molecule has 0 aliphatic carbocycles. The van der Waals surface area contributed by atoms with Gasteiger partial charge in [0.05, 0.1) is 0 Å². The van der Waals surface area contributed by atoms with E-state index in [0.717, 1.165) is 25.1 Å². The molecule has 4 nitrogen and oxygen atoms in total. The summed E-state index contributed by atoms with van der Waals surface area (Å²) in [5.74, 6) is 0. The molecule has 1 aromatic rings. The van der Waals surface area contributed by atoms with Crippen LogP contribution < -0.4 is 0 Å². The number of hydrogen-bond acceptors (Lipinski definition) is 3. The first-order valence-corrected chi connectivity index (χ1v) is 6.29. The second kappa shape index (κ2) is 5.87. The average Bonchev–Trinajstić information content (AvgIpc) is 2.83. The predicted molar refractivity (Wildman–Crippen MR) is 70.3 cm³/mol. The highest BCUT2D eigenvalue weighted by atomic mass is 16.6. The van der Waals surface area contributed by atoms with Crippen molar-refractivity contribution < 1.29 is 9.53 Å². The largest absolute Gasteiger partial charge is 0.445 e. The van der Waals surface area contributed by atoms with Crippen LogP contribution in [0.15, 0.2) is 30.3 Å². The molecule has 0 saturated carbocycles. The molecule has 0 spiro atoms. The third-order valence-electron chi connectivity index (χ3n) is 3.41. The molecule has 0 N–H and O–H groups in total. The molecule has 1 aliphatic heterocycles. The monoisotopic (exact) mass is 248 g/mol. The van der Waals surface area contributed by atoms with E-state index in [0.29, 0.717) is 6.61 Å². The normalized spacial score (nSPS) is 19.8. The summed E-state index contributed by atoms with van der Waals surface area (Å²) in [6.07, 6.45) is 0.784. The lowest BCUT2D eigenvalue weighted by Gasteiger charge is -2.23. The Balaban J connectivity index is 1.81. The Labute approximate surface area is 108 Å². The van der Waals surface area contributed by atoms with E-state index in [9.17, 15) is 4.79 Å². The van der Waals surface area contributed by atoms with Crippen molar-refractivity contribution in [1.82, 2.24) is 9.80 Å². The number of ether oxygens (including phenoxy) is 1. The van der Waals surface area contributed by atoms with Crippen LogP contribution in [0.25, 0.3) is 0 Å². The van der Waals surface area contributed by atoms with Gasteiger partial charge < -0.3 is 14.5 Å². The fraction of sp³-hybridized carbons (Fsp3) is 0.500. The highest BCUT2D eigenvalue weighted by Gasteiger charge is 2.27. The number of carbonyl (C=O) groups is 1. The van der Waals surface area contributed by atoms with Gasteiger partial charge in [-0.25, -0.2) is 4.79 Å². The first kappa shape index (κ1) is 12.9. The molecule has 0 unspecified atom stereocenters. The number of likely N-dealkylation sites (N-methyl/N-ethyl adjacent to an activating group) is 2. The van der Waals surface area contributed by atoms with Gasteiger partial charge in [-0.05, 0) is 25.6 Å². The van der Waals surface area contributed by atoms with Crippen molar-refractivity contribution in [3.05, 3.63) is 35.9 Å². The zero-order valence-electron chi connectivity index (χ0n) is 11.0. The fourth-order valence-corrected chi connectivity index (χ4v) is 2.20. The molecular weight excluding hydrogens is 228 g/mol. The second-order valence-electron chi connectivity index (χ2n) is 4.86. The molecular formula is C14H20N2O2. The minimum atomic E-state index is -0.237. The van der Waals surface area contributed by atoms with Crippen LogP contribution >= 0.6 is 0 Å². The van der Waals surface area contributed by atoms with Gasteiger partial charge in [0.15, 0.2) is 0 Å². The molecule has 2 rings (SSSR count). The minimum absolute atomic E-state index is 0.237. The van der Waals surface area contributed by atoms with E-state index in [1.54, 1.807) is 4.90 Å². The topological polar surface area (TPSA) is 32.8 Å². The van der Waals surface area contributed by atoms with Crippen molar-refractivity contribution in [3.63, 3.8) is 0 Å². The Hall–Kier alpha value is -1.55. The Morgan fingerprint density at radius 1 is 1.44 bits per heavy atom. The van der Waals surface area contributed by atoms with Gasteiger partial charge in [0.1, 0.15) is 6.61 Å². The summed E-state index contributed by atoms with van der Waals surface area (Å²) in [4.78, 5) is 15.8. The number of nitrogens with zero attached hydrogens (tertiary/aromatic N) is 2. The molecule has 0 aromatic heterocycles. The van der Waals surface area contributed by atoms with E-state index < -0.39 is 0 Å². The summed E-state index contributed by atoms with van der Waals surface area (Å²) in [6, 6.07) is 10.0. The molecule has 0 radical (unpaired) electrons. The zero-order chi connectivity index (χ0) is 13.0. The maximum absolute atomic E-state index is 11.9. The van der Waals surface area contributed by atoms with Crippen molar-refractivity contribution in [2.24, 2.45) is 0 Å². The average molecular weight is 248 g/mol. The van der Waals surface area contributed by atoms with Gasteiger partial charge in [0.2, 0.25) is 0 Å². The van der Waals surface area contributed by atoms with Crippen molar-refractivity contribution >= 4 is 6.09 Å². The number of likely N-dealkylation sites (tertiary alicyclic amines) is 1. The van der Waals surface area contributed by atoms with Crippen LogP contribution in [-0.4, -0.2) is 49.1 Å². The van der Waals surface area contributed by atoms with Gasteiger partial charge in [-0.15, -0.1) is 0 Å². The minimum Gasteiger partial charge on any atom is -0.445 e. The Kier molecular flexibility index (Phi) is 4.20. The van der Waals surface area contributed by atoms with E-state index in [-0.39, 0.29) is 12.1 Å². The number of carbonyl (C=O) groups excluding carboxylic acids is 1. The highest BCUT2D eigenvalue weighted by Crippen LogP contribution is 2.14. The molecule has 1 aromatic carbocycles. The molecule has 1 heterocycles. The van der Waals surface area contributed by atoms with Gasteiger partial charge in [0, 0.05) is 19.6 Å².